The van der Waals surface area contributed by atoms with Gasteiger partial charge in [-0.1, -0.05) is 52.0 Å². The maximum atomic E-state index is 4.37. The average Bonchev–Trinajstić information content (AvgIpc) is 3.00. The van der Waals surface area contributed by atoms with Gasteiger partial charge in [-0.25, -0.2) is 0 Å². The quantitative estimate of drug-likeness (QED) is 0.428. The molecular weight excluding hydrogens is 384 g/mol. The minimum absolute atomic E-state index is 0.685. The van der Waals surface area contributed by atoms with E-state index in [0.29, 0.717) is 6.54 Å². The Bertz CT molecular complexity index is 800. The highest BCUT2D eigenvalue weighted by Gasteiger charge is 2.13. The fourth-order valence-corrected chi connectivity index (χ4v) is 3.47. The molecule has 122 valence electrons. The highest BCUT2D eigenvalue weighted by atomic mass is 79.9. The largest absolute Gasteiger partial charge is 0.298 e. The topological polar surface area (TPSA) is 43.6 Å². The van der Waals surface area contributed by atoms with Gasteiger partial charge in [0.25, 0.3) is 0 Å². The van der Waals surface area contributed by atoms with E-state index in [1.54, 1.807) is 11.8 Å². The molecule has 0 fully saturated rings. The van der Waals surface area contributed by atoms with Crippen molar-refractivity contribution in [2.75, 3.05) is 5.75 Å². The lowest BCUT2D eigenvalue weighted by molar-refractivity contribution is 0.731. The lowest BCUT2D eigenvalue weighted by Gasteiger charge is -2.07. The molecule has 0 unspecified atom stereocenters. The molecule has 3 rings (SSSR count). The van der Waals surface area contributed by atoms with Gasteiger partial charge in [0.2, 0.25) is 0 Å². The maximum absolute atomic E-state index is 4.37. The van der Waals surface area contributed by atoms with Crippen LogP contribution in [-0.2, 0) is 13.0 Å². The predicted molar refractivity (Wildman–Crippen MR) is 102 cm³/mol. The first-order valence-corrected chi connectivity index (χ1v) is 9.38. The minimum atomic E-state index is 0.685. The van der Waals surface area contributed by atoms with Crippen LogP contribution in [-0.4, -0.2) is 25.5 Å². The smallest absolute Gasteiger partial charge is 0.191 e. The van der Waals surface area contributed by atoms with Crippen molar-refractivity contribution in [3.63, 3.8) is 0 Å². The van der Waals surface area contributed by atoms with Crippen LogP contribution in [0.5, 0.6) is 0 Å². The Morgan fingerprint density at radius 3 is 2.67 bits per heavy atom. The number of hydrogen-bond acceptors (Lipinski definition) is 4. The number of halogens is 1. The zero-order valence-electron chi connectivity index (χ0n) is 13.1. The Kier molecular flexibility index (Phi) is 5.82. The summed E-state index contributed by atoms with van der Waals surface area (Å²) in [5.41, 5.74) is 2.14. The molecule has 1 aromatic carbocycles. The van der Waals surface area contributed by atoms with E-state index >= 15 is 0 Å². The van der Waals surface area contributed by atoms with Crippen LogP contribution in [0.2, 0.25) is 0 Å². The fourth-order valence-electron chi connectivity index (χ4n) is 2.29. The van der Waals surface area contributed by atoms with Crippen molar-refractivity contribution in [3.05, 3.63) is 71.5 Å². The number of aryl methyl sites for hydroxylation is 1. The summed E-state index contributed by atoms with van der Waals surface area (Å²) in [6.07, 6.45) is 4.60. The van der Waals surface area contributed by atoms with Gasteiger partial charge in [0.05, 0.1) is 0 Å². The summed E-state index contributed by atoms with van der Waals surface area (Å²) in [5.74, 6) is 1.77. The first kappa shape index (κ1) is 16.9. The van der Waals surface area contributed by atoms with Crippen molar-refractivity contribution >= 4 is 27.7 Å². The molecule has 0 spiro atoms. The second-order valence-corrected chi connectivity index (χ2v) is 7.11. The van der Waals surface area contributed by atoms with E-state index in [1.807, 2.05) is 54.7 Å². The molecule has 0 saturated heterocycles. The Morgan fingerprint density at radius 1 is 1.12 bits per heavy atom. The summed E-state index contributed by atoms with van der Waals surface area (Å²) in [5, 5.41) is 9.64. The van der Waals surface area contributed by atoms with Gasteiger partial charge in [0.15, 0.2) is 11.0 Å². The van der Waals surface area contributed by atoms with Gasteiger partial charge in [-0.3, -0.25) is 9.55 Å². The summed E-state index contributed by atoms with van der Waals surface area (Å²) in [7, 11) is 0. The maximum Gasteiger partial charge on any atom is 0.191 e. The van der Waals surface area contributed by atoms with E-state index in [1.165, 1.54) is 0 Å². The van der Waals surface area contributed by atoms with Gasteiger partial charge >= 0.3 is 0 Å². The molecule has 0 bridgehead atoms. The molecule has 0 radical (unpaired) electrons. The van der Waals surface area contributed by atoms with Gasteiger partial charge in [-0.2, -0.15) is 0 Å². The molecule has 0 aliphatic carbocycles. The van der Waals surface area contributed by atoms with E-state index in [4.69, 9.17) is 0 Å². The molecule has 3 aromatic rings. The second-order valence-electron chi connectivity index (χ2n) is 5.13. The summed E-state index contributed by atoms with van der Waals surface area (Å²) >= 11 is 5.15. The number of nitrogens with zero attached hydrogens (tertiary/aromatic N) is 4. The van der Waals surface area contributed by atoms with E-state index < -0.39 is 0 Å². The van der Waals surface area contributed by atoms with Crippen LogP contribution in [0.1, 0.15) is 5.69 Å². The van der Waals surface area contributed by atoms with Gasteiger partial charge in [0.1, 0.15) is 0 Å². The molecule has 0 aliphatic rings. The predicted octanol–water partition coefficient (Wildman–Crippen LogP) is 4.62. The Hall–Kier alpha value is -1.92. The SMILES string of the molecule is C=CCn1c(SCCc2ccccn2)nnc1-c1ccc(Br)cc1. The highest BCUT2D eigenvalue weighted by molar-refractivity contribution is 9.10. The van der Waals surface area contributed by atoms with Crippen LogP contribution >= 0.6 is 27.7 Å². The van der Waals surface area contributed by atoms with E-state index in [9.17, 15) is 0 Å². The van der Waals surface area contributed by atoms with Crippen molar-refractivity contribution in [2.24, 2.45) is 0 Å². The molecule has 0 atom stereocenters. The van der Waals surface area contributed by atoms with Crippen molar-refractivity contribution < 1.29 is 0 Å². The van der Waals surface area contributed by atoms with Gasteiger partial charge in [-0.05, 0) is 30.7 Å². The van der Waals surface area contributed by atoms with E-state index in [0.717, 1.165) is 38.9 Å². The fraction of sp³-hybridized carbons (Fsp3) is 0.167. The number of aromatic nitrogens is 4. The first-order chi connectivity index (χ1) is 11.8. The first-order valence-electron chi connectivity index (χ1n) is 7.60. The van der Waals surface area contributed by atoms with E-state index in [-0.39, 0.29) is 0 Å². The molecular formula is C18H17BrN4S. The number of benzene rings is 1. The molecule has 4 nitrogen and oxygen atoms in total. The van der Waals surface area contributed by atoms with Crippen LogP contribution in [0.4, 0.5) is 0 Å². The number of allylic oxidation sites excluding steroid dienone is 1. The van der Waals surface area contributed by atoms with Crippen molar-refractivity contribution in [1.82, 2.24) is 19.7 Å². The van der Waals surface area contributed by atoms with Crippen LogP contribution in [0.15, 0.2) is 70.9 Å². The molecule has 2 aromatic heterocycles. The van der Waals surface area contributed by atoms with Gasteiger partial charge < -0.3 is 0 Å². The molecule has 0 aliphatic heterocycles. The Balaban J connectivity index is 1.75. The molecule has 0 N–H and O–H groups in total. The zero-order valence-corrected chi connectivity index (χ0v) is 15.5. The number of pyridine rings is 1. The molecule has 0 saturated carbocycles. The Morgan fingerprint density at radius 2 is 1.96 bits per heavy atom. The zero-order chi connectivity index (χ0) is 16.8. The van der Waals surface area contributed by atoms with Crippen molar-refractivity contribution in [3.8, 4) is 11.4 Å². The van der Waals surface area contributed by atoms with Gasteiger partial charge in [-0.15, -0.1) is 16.8 Å². The van der Waals surface area contributed by atoms with Crippen LogP contribution in [0.25, 0.3) is 11.4 Å². The lowest BCUT2D eigenvalue weighted by atomic mass is 10.2. The second kappa shape index (κ2) is 8.26. The number of thioether (sulfide) groups is 1. The molecule has 24 heavy (non-hydrogen) atoms. The monoisotopic (exact) mass is 400 g/mol. The summed E-state index contributed by atoms with van der Waals surface area (Å²) < 4.78 is 3.14. The minimum Gasteiger partial charge on any atom is -0.298 e. The summed E-state index contributed by atoms with van der Waals surface area (Å²) in [6, 6.07) is 14.1. The normalized spacial score (nSPS) is 10.7. The van der Waals surface area contributed by atoms with Crippen molar-refractivity contribution in [1.29, 1.82) is 0 Å². The highest BCUT2D eigenvalue weighted by Crippen LogP contribution is 2.25. The van der Waals surface area contributed by atoms with Gasteiger partial charge in [0, 0.05) is 34.2 Å². The van der Waals surface area contributed by atoms with Crippen LogP contribution in [0.3, 0.4) is 0 Å². The third-order valence-electron chi connectivity index (χ3n) is 3.45. The number of rotatable bonds is 7. The third-order valence-corrected chi connectivity index (χ3v) is 4.94. The summed E-state index contributed by atoms with van der Waals surface area (Å²) in [4.78, 5) is 4.35. The van der Waals surface area contributed by atoms with E-state index in [2.05, 4.69) is 42.3 Å². The third kappa shape index (κ3) is 4.13. The lowest BCUT2D eigenvalue weighted by Crippen LogP contribution is -2.01. The average molecular weight is 401 g/mol. The van der Waals surface area contributed by atoms with Crippen LogP contribution in [0, 0.1) is 0 Å². The van der Waals surface area contributed by atoms with Crippen molar-refractivity contribution in [2.45, 2.75) is 18.1 Å². The standard InChI is InChI=1S/C18H17BrN4S/c1-2-12-23-17(14-6-8-15(19)9-7-14)21-22-18(23)24-13-10-16-5-3-4-11-20-16/h2-9,11H,1,10,12-13H2. The summed E-state index contributed by atoms with van der Waals surface area (Å²) in [6.45, 7) is 4.54. The molecule has 2 heterocycles. The number of hydrogen-bond donors (Lipinski definition) is 0. The van der Waals surface area contributed by atoms with Crippen LogP contribution < -0.4 is 0 Å². The molecule has 6 heteroatoms. The Labute approximate surface area is 154 Å². The molecule has 0 amide bonds.